The third kappa shape index (κ3) is 3.54. The zero-order chi connectivity index (χ0) is 15.5. The van der Waals surface area contributed by atoms with E-state index < -0.39 is 0 Å². The summed E-state index contributed by atoms with van der Waals surface area (Å²) in [6.45, 7) is 5.29. The monoisotopic (exact) mass is 364 g/mol. The predicted octanol–water partition coefficient (Wildman–Crippen LogP) is 3.54. The average Bonchev–Trinajstić information content (AvgIpc) is 3.34. The van der Waals surface area contributed by atoms with E-state index in [0.29, 0.717) is 12.0 Å². The summed E-state index contributed by atoms with van der Waals surface area (Å²) in [6, 6.07) is 8.79. The van der Waals surface area contributed by atoms with Gasteiger partial charge >= 0.3 is 0 Å². The fourth-order valence-corrected chi connectivity index (χ4v) is 4.24. The molecule has 1 saturated carbocycles. The third-order valence-corrected chi connectivity index (χ3v) is 5.82. The summed E-state index contributed by atoms with van der Waals surface area (Å²) < 4.78 is 1.12. The van der Waals surface area contributed by atoms with Crippen molar-refractivity contribution in [2.45, 2.75) is 44.6 Å². The third-order valence-electron chi connectivity index (χ3n) is 5.10. The molecule has 1 saturated heterocycles. The molecule has 0 aromatic heterocycles. The molecule has 120 valence electrons. The molecule has 1 N–H and O–H groups in total. The molecule has 0 spiro atoms. The van der Waals surface area contributed by atoms with E-state index >= 15 is 0 Å². The van der Waals surface area contributed by atoms with Gasteiger partial charge in [-0.2, -0.15) is 0 Å². The highest BCUT2D eigenvalue weighted by atomic mass is 79.9. The van der Waals surface area contributed by atoms with Gasteiger partial charge in [-0.05, 0) is 49.9 Å². The number of amides is 1. The molecule has 3 rings (SSSR count). The van der Waals surface area contributed by atoms with Crippen LogP contribution in [0.5, 0.6) is 0 Å². The van der Waals surface area contributed by atoms with Crippen LogP contribution >= 0.6 is 15.9 Å². The minimum Gasteiger partial charge on any atom is -0.354 e. The Morgan fingerprint density at radius 2 is 2.18 bits per heavy atom. The first-order valence-corrected chi connectivity index (χ1v) is 9.26. The number of benzene rings is 1. The van der Waals surface area contributed by atoms with E-state index in [1.165, 1.54) is 31.4 Å². The highest BCUT2D eigenvalue weighted by Gasteiger charge is 2.44. The lowest BCUT2D eigenvalue weighted by Crippen LogP contribution is -2.46. The van der Waals surface area contributed by atoms with Gasteiger partial charge in [0, 0.05) is 23.0 Å². The predicted molar refractivity (Wildman–Crippen MR) is 92.9 cm³/mol. The van der Waals surface area contributed by atoms with Crippen molar-refractivity contribution in [2.75, 3.05) is 19.6 Å². The minimum atomic E-state index is 0.164. The molecule has 3 atom stereocenters. The standard InChI is InChI=1S/C18H25BrN2O/c1-2-21-10-6-5-7-13(21)12-20-18(22)16-11-15(16)14-8-3-4-9-17(14)19/h3-4,8-9,13,15-16H,2,5-7,10-12H2,1H3,(H,20,22). The molecule has 1 aliphatic carbocycles. The summed E-state index contributed by atoms with van der Waals surface area (Å²) >= 11 is 3.59. The van der Waals surface area contributed by atoms with Crippen LogP contribution in [-0.2, 0) is 4.79 Å². The van der Waals surface area contributed by atoms with E-state index in [0.717, 1.165) is 24.0 Å². The van der Waals surface area contributed by atoms with Gasteiger partial charge < -0.3 is 5.32 Å². The quantitative estimate of drug-likeness (QED) is 0.866. The molecule has 1 aromatic rings. The van der Waals surface area contributed by atoms with Crippen LogP contribution in [0.25, 0.3) is 0 Å². The molecular weight excluding hydrogens is 340 g/mol. The molecule has 3 nitrogen and oxygen atoms in total. The maximum Gasteiger partial charge on any atom is 0.223 e. The lowest BCUT2D eigenvalue weighted by Gasteiger charge is -2.34. The number of piperidine rings is 1. The van der Waals surface area contributed by atoms with Crippen LogP contribution in [0.3, 0.4) is 0 Å². The SMILES string of the molecule is CCN1CCCCC1CNC(=O)C1CC1c1ccccc1Br. The highest BCUT2D eigenvalue weighted by molar-refractivity contribution is 9.10. The molecule has 2 fully saturated rings. The highest BCUT2D eigenvalue weighted by Crippen LogP contribution is 2.49. The summed E-state index contributed by atoms with van der Waals surface area (Å²) in [6.07, 6.45) is 4.79. The van der Waals surface area contributed by atoms with Crippen LogP contribution in [0.15, 0.2) is 28.7 Å². The fraction of sp³-hybridized carbons (Fsp3) is 0.611. The number of nitrogens with one attached hydrogen (secondary N) is 1. The van der Waals surface area contributed by atoms with Crippen molar-refractivity contribution in [3.63, 3.8) is 0 Å². The van der Waals surface area contributed by atoms with Crippen LogP contribution < -0.4 is 5.32 Å². The summed E-state index contributed by atoms with van der Waals surface area (Å²) in [5.74, 6) is 0.795. The zero-order valence-electron chi connectivity index (χ0n) is 13.2. The summed E-state index contributed by atoms with van der Waals surface area (Å²) in [5, 5.41) is 3.20. The molecule has 22 heavy (non-hydrogen) atoms. The Hall–Kier alpha value is -0.870. The van der Waals surface area contributed by atoms with Crippen LogP contribution in [0, 0.1) is 5.92 Å². The second-order valence-electron chi connectivity index (χ2n) is 6.49. The maximum atomic E-state index is 12.4. The van der Waals surface area contributed by atoms with E-state index in [9.17, 15) is 4.79 Å². The summed E-state index contributed by atoms with van der Waals surface area (Å²) in [4.78, 5) is 14.9. The molecule has 1 aliphatic heterocycles. The molecule has 0 bridgehead atoms. The lowest BCUT2D eigenvalue weighted by molar-refractivity contribution is -0.122. The smallest absolute Gasteiger partial charge is 0.223 e. The number of likely N-dealkylation sites (N-methyl/N-ethyl adjacent to an activating group) is 1. The Labute approximate surface area is 141 Å². The maximum absolute atomic E-state index is 12.4. The molecule has 0 radical (unpaired) electrons. The molecular formula is C18H25BrN2O. The Kier molecular flexibility index (Phi) is 5.19. The number of nitrogens with zero attached hydrogens (tertiary/aromatic N) is 1. The number of hydrogen-bond acceptors (Lipinski definition) is 2. The van der Waals surface area contributed by atoms with E-state index in [-0.39, 0.29) is 11.8 Å². The minimum absolute atomic E-state index is 0.164. The van der Waals surface area contributed by atoms with Crippen molar-refractivity contribution in [1.82, 2.24) is 10.2 Å². The van der Waals surface area contributed by atoms with Gasteiger partial charge in [0.25, 0.3) is 0 Å². The van der Waals surface area contributed by atoms with Crippen LogP contribution in [0.4, 0.5) is 0 Å². The van der Waals surface area contributed by atoms with E-state index in [2.05, 4.69) is 51.3 Å². The van der Waals surface area contributed by atoms with Crippen molar-refractivity contribution in [3.05, 3.63) is 34.3 Å². The van der Waals surface area contributed by atoms with Crippen LogP contribution in [0.1, 0.15) is 44.1 Å². The first-order chi connectivity index (χ1) is 10.7. The number of rotatable bonds is 5. The van der Waals surface area contributed by atoms with E-state index in [4.69, 9.17) is 0 Å². The Bertz CT molecular complexity index is 534. The first-order valence-electron chi connectivity index (χ1n) is 8.47. The Morgan fingerprint density at radius 3 is 2.95 bits per heavy atom. The second kappa shape index (κ2) is 7.14. The first kappa shape index (κ1) is 16.0. The van der Waals surface area contributed by atoms with Gasteiger partial charge in [-0.15, -0.1) is 0 Å². The van der Waals surface area contributed by atoms with Crippen molar-refractivity contribution < 1.29 is 4.79 Å². The Morgan fingerprint density at radius 1 is 1.36 bits per heavy atom. The molecule has 3 unspecified atom stereocenters. The summed E-state index contributed by atoms with van der Waals surface area (Å²) in [7, 11) is 0. The van der Waals surface area contributed by atoms with Crippen LogP contribution in [0.2, 0.25) is 0 Å². The normalized spacial score (nSPS) is 28.4. The van der Waals surface area contributed by atoms with Crippen molar-refractivity contribution in [3.8, 4) is 0 Å². The lowest BCUT2D eigenvalue weighted by atomic mass is 10.0. The van der Waals surface area contributed by atoms with Gasteiger partial charge in [-0.1, -0.05) is 47.5 Å². The van der Waals surface area contributed by atoms with E-state index in [1.54, 1.807) is 0 Å². The van der Waals surface area contributed by atoms with Crippen molar-refractivity contribution >= 4 is 21.8 Å². The molecule has 1 amide bonds. The Balaban J connectivity index is 1.50. The number of hydrogen-bond donors (Lipinski definition) is 1. The number of carbonyl (C=O) groups is 1. The van der Waals surface area contributed by atoms with Gasteiger partial charge in [0.05, 0.1) is 0 Å². The molecule has 1 heterocycles. The largest absolute Gasteiger partial charge is 0.354 e. The number of carbonyl (C=O) groups excluding carboxylic acids is 1. The number of likely N-dealkylation sites (tertiary alicyclic amines) is 1. The molecule has 4 heteroatoms. The fourth-order valence-electron chi connectivity index (χ4n) is 3.66. The topological polar surface area (TPSA) is 32.3 Å². The second-order valence-corrected chi connectivity index (χ2v) is 7.35. The van der Waals surface area contributed by atoms with Gasteiger partial charge in [0.2, 0.25) is 5.91 Å². The summed E-state index contributed by atoms with van der Waals surface area (Å²) in [5.41, 5.74) is 1.27. The van der Waals surface area contributed by atoms with E-state index in [1.807, 2.05) is 6.07 Å². The molecule has 1 aromatic carbocycles. The van der Waals surface area contributed by atoms with Crippen molar-refractivity contribution in [2.24, 2.45) is 5.92 Å². The van der Waals surface area contributed by atoms with Gasteiger partial charge in [0.15, 0.2) is 0 Å². The molecule has 2 aliphatic rings. The average molecular weight is 365 g/mol. The number of halogens is 1. The van der Waals surface area contributed by atoms with Gasteiger partial charge in [-0.25, -0.2) is 0 Å². The van der Waals surface area contributed by atoms with Gasteiger partial charge in [-0.3, -0.25) is 9.69 Å². The van der Waals surface area contributed by atoms with Gasteiger partial charge in [0.1, 0.15) is 0 Å². The van der Waals surface area contributed by atoms with Crippen molar-refractivity contribution in [1.29, 1.82) is 0 Å². The van der Waals surface area contributed by atoms with Crippen LogP contribution in [-0.4, -0.2) is 36.5 Å². The zero-order valence-corrected chi connectivity index (χ0v) is 14.8.